The van der Waals surface area contributed by atoms with E-state index in [0.29, 0.717) is 5.88 Å². The van der Waals surface area contributed by atoms with Crippen molar-refractivity contribution in [2.75, 3.05) is 7.11 Å². The van der Waals surface area contributed by atoms with Crippen LogP contribution in [-0.4, -0.2) is 17.0 Å². The van der Waals surface area contributed by atoms with Gasteiger partial charge in [0.1, 0.15) is 5.01 Å². The van der Waals surface area contributed by atoms with Crippen molar-refractivity contribution < 1.29 is 9.66 Å². The van der Waals surface area contributed by atoms with Crippen molar-refractivity contribution in [3.05, 3.63) is 89.0 Å². The number of nitro benzene ring substituents is 1. The van der Waals surface area contributed by atoms with Crippen LogP contribution in [0.1, 0.15) is 0 Å². The highest BCUT2D eigenvalue weighted by Gasteiger charge is 2.19. The number of ether oxygens (including phenoxy) is 1. The molecule has 0 unspecified atom stereocenters. The highest BCUT2D eigenvalue weighted by atomic mass is 32.1. The molecule has 5 aromatic carbocycles. The zero-order chi connectivity index (χ0) is 21.8. The lowest BCUT2D eigenvalue weighted by Crippen LogP contribution is -1.88. The van der Waals surface area contributed by atoms with E-state index in [1.807, 2.05) is 0 Å². The highest BCUT2D eigenvalue weighted by molar-refractivity contribution is 7.18. The Morgan fingerprint density at radius 1 is 0.844 bits per heavy atom. The van der Waals surface area contributed by atoms with Crippen molar-refractivity contribution in [1.82, 2.24) is 4.98 Å². The van der Waals surface area contributed by atoms with E-state index in [4.69, 9.17) is 9.72 Å². The van der Waals surface area contributed by atoms with Gasteiger partial charge in [0, 0.05) is 17.7 Å². The number of nitrogens with zero attached hydrogens (tertiary/aromatic N) is 2. The van der Waals surface area contributed by atoms with Gasteiger partial charge in [0.05, 0.1) is 16.9 Å². The molecule has 0 bridgehead atoms. The number of rotatable bonds is 4. The molecule has 1 heterocycles. The van der Waals surface area contributed by atoms with Gasteiger partial charge in [0.15, 0.2) is 0 Å². The zero-order valence-corrected chi connectivity index (χ0v) is 17.8. The topological polar surface area (TPSA) is 65.3 Å². The van der Waals surface area contributed by atoms with Gasteiger partial charge >= 0.3 is 0 Å². The van der Waals surface area contributed by atoms with E-state index in [0.717, 1.165) is 26.4 Å². The third-order valence-corrected chi connectivity index (χ3v) is 7.01. The molecule has 0 saturated carbocycles. The van der Waals surface area contributed by atoms with Crippen LogP contribution >= 0.6 is 11.3 Å². The first kappa shape index (κ1) is 18.7. The van der Waals surface area contributed by atoms with Crippen LogP contribution in [0.3, 0.4) is 0 Å². The van der Waals surface area contributed by atoms with Crippen LogP contribution in [0.5, 0.6) is 5.88 Å². The largest absolute Gasteiger partial charge is 0.480 e. The maximum Gasteiger partial charge on any atom is 0.269 e. The second kappa shape index (κ2) is 7.00. The number of aromatic nitrogens is 1. The van der Waals surface area contributed by atoms with Crippen molar-refractivity contribution in [2.24, 2.45) is 0 Å². The summed E-state index contributed by atoms with van der Waals surface area (Å²) in [6.45, 7) is 0. The van der Waals surface area contributed by atoms with Crippen LogP contribution in [0.25, 0.3) is 53.3 Å². The zero-order valence-electron chi connectivity index (χ0n) is 17.0. The minimum Gasteiger partial charge on any atom is -0.480 e. The van der Waals surface area contributed by atoms with Crippen LogP contribution < -0.4 is 4.74 Å². The van der Waals surface area contributed by atoms with Crippen LogP contribution in [0, 0.1) is 10.1 Å². The van der Waals surface area contributed by atoms with Gasteiger partial charge in [-0.15, -0.1) is 11.3 Å². The Hall–Kier alpha value is -4.03. The second-order valence-corrected chi connectivity index (χ2v) is 8.63. The predicted octanol–water partition coefficient (Wildman–Crippen LogP) is 7.29. The molecule has 0 atom stereocenters. The fourth-order valence-electron chi connectivity index (χ4n) is 4.40. The summed E-state index contributed by atoms with van der Waals surface area (Å²) in [6.07, 6.45) is 0. The Bertz CT molecular complexity index is 1620. The van der Waals surface area contributed by atoms with Gasteiger partial charge in [-0.2, -0.15) is 0 Å². The molecule has 6 rings (SSSR count). The van der Waals surface area contributed by atoms with Gasteiger partial charge in [-0.1, -0.05) is 54.6 Å². The summed E-state index contributed by atoms with van der Waals surface area (Å²) in [5.41, 5.74) is 1.95. The van der Waals surface area contributed by atoms with E-state index in [1.165, 1.54) is 50.4 Å². The van der Waals surface area contributed by atoms with Crippen LogP contribution in [0.4, 0.5) is 5.69 Å². The minimum absolute atomic E-state index is 0.0595. The fourth-order valence-corrected chi connectivity index (χ4v) is 5.48. The van der Waals surface area contributed by atoms with Crippen molar-refractivity contribution in [3.8, 4) is 26.9 Å². The molecule has 0 aliphatic carbocycles. The Balaban J connectivity index is 1.57. The molecule has 154 valence electrons. The van der Waals surface area contributed by atoms with E-state index in [2.05, 4.69) is 54.6 Å². The smallest absolute Gasteiger partial charge is 0.269 e. The number of thiazole rings is 1. The second-order valence-electron chi connectivity index (χ2n) is 7.63. The van der Waals surface area contributed by atoms with Gasteiger partial charge in [0.2, 0.25) is 5.88 Å². The third kappa shape index (κ3) is 2.73. The molecule has 32 heavy (non-hydrogen) atoms. The highest BCUT2D eigenvalue weighted by Crippen LogP contribution is 2.44. The summed E-state index contributed by atoms with van der Waals surface area (Å²) in [5, 5.41) is 19.2. The van der Waals surface area contributed by atoms with Gasteiger partial charge in [0.25, 0.3) is 5.69 Å². The summed E-state index contributed by atoms with van der Waals surface area (Å²) in [7, 11) is 1.60. The average molecular weight is 436 g/mol. The van der Waals surface area contributed by atoms with E-state index < -0.39 is 4.92 Å². The van der Waals surface area contributed by atoms with E-state index in [1.54, 1.807) is 19.2 Å². The first-order chi connectivity index (χ1) is 15.6. The molecule has 6 heteroatoms. The standard InChI is InChI=1S/C26H16N2O3S/c1-31-25-24(18-7-11-19(12-8-18)28(29)30)32-26(27-25)21-14-10-17-6-5-15-3-2-4-16-9-13-20(21)23(17)22(15)16/h2-14H,1H3. The number of benzene rings is 5. The molecule has 0 saturated heterocycles. The molecule has 1 aromatic heterocycles. The molecule has 0 aliphatic heterocycles. The van der Waals surface area contributed by atoms with E-state index in [9.17, 15) is 10.1 Å². The average Bonchev–Trinajstić information content (AvgIpc) is 3.27. The first-order valence-electron chi connectivity index (χ1n) is 10.1. The van der Waals surface area contributed by atoms with Crippen molar-refractivity contribution in [3.63, 3.8) is 0 Å². The number of methoxy groups -OCH3 is 1. The SMILES string of the molecule is COc1nc(-c2ccc3ccc4cccc5ccc2c3c45)sc1-c1ccc([N+](=O)[O-])cc1. The van der Waals surface area contributed by atoms with Crippen LogP contribution in [-0.2, 0) is 0 Å². The molecule has 5 nitrogen and oxygen atoms in total. The maximum absolute atomic E-state index is 11.0. The molecular weight excluding hydrogens is 420 g/mol. The molecule has 0 amide bonds. The van der Waals surface area contributed by atoms with Crippen LogP contribution in [0.15, 0.2) is 78.9 Å². The summed E-state index contributed by atoms with van der Waals surface area (Å²) >= 11 is 1.53. The maximum atomic E-state index is 11.0. The molecule has 0 fully saturated rings. The summed E-state index contributed by atoms with van der Waals surface area (Å²) in [6, 6.07) is 25.8. The Labute approximate surface area is 187 Å². The Morgan fingerprint density at radius 3 is 2.19 bits per heavy atom. The minimum atomic E-state index is -0.399. The molecular formula is C26H16N2O3S. The van der Waals surface area contributed by atoms with Gasteiger partial charge in [-0.3, -0.25) is 10.1 Å². The van der Waals surface area contributed by atoms with Gasteiger partial charge in [-0.05, 0) is 50.0 Å². The lowest BCUT2D eigenvalue weighted by molar-refractivity contribution is -0.384. The lowest BCUT2D eigenvalue weighted by atomic mass is 9.92. The molecule has 6 aromatic rings. The fraction of sp³-hybridized carbons (Fsp3) is 0.0385. The molecule has 0 radical (unpaired) electrons. The lowest BCUT2D eigenvalue weighted by Gasteiger charge is -2.12. The number of non-ortho nitro benzene ring substituents is 1. The van der Waals surface area contributed by atoms with E-state index >= 15 is 0 Å². The van der Waals surface area contributed by atoms with Crippen molar-refractivity contribution in [2.45, 2.75) is 0 Å². The number of hydrogen-bond acceptors (Lipinski definition) is 5. The number of nitro groups is 1. The molecule has 0 spiro atoms. The Morgan fingerprint density at radius 2 is 1.50 bits per heavy atom. The summed E-state index contributed by atoms with van der Waals surface area (Å²) in [5.74, 6) is 0.518. The Kier molecular flexibility index (Phi) is 4.10. The summed E-state index contributed by atoms with van der Waals surface area (Å²) in [4.78, 5) is 16.2. The number of hydrogen-bond donors (Lipinski definition) is 0. The quantitative estimate of drug-likeness (QED) is 0.165. The molecule has 0 aliphatic rings. The molecule has 0 N–H and O–H groups in total. The van der Waals surface area contributed by atoms with E-state index in [-0.39, 0.29) is 5.69 Å². The van der Waals surface area contributed by atoms with Gasteiger partial charge in [-0.25, -0.2) is 4.98 Å². The van der Waals surface area contributed by atoms with Crippen molar-refractivity contribution in [1.29, 1.82) is 0 Å². The monoisotopic (exact) mass is 436 g/mol. The summed E-state index contributed by atoms with van der Waals surface area (Å²) < 4.78 is 5.57. The van der Waals surface area contributed by atoms with Crippen LogP contribution in [0.2, 0.25) is 0 Å². The van der Waals surface area contributed by atoms with Gasteiger partial charge < -0.3 is 4.74 Å². The third-order valence-electron chi connectivity index (χ3n) is 5.89. The predicted molar refractivity (Wildman–Crippen MR) is 130 cm³/mol. The normalized spacial score (nSPS) is 11.5. The van der Waals surface area contributed by atoms with Crippen molar-refractivity contribution >= 4 is 49.3 Å². The first-order valence-corrected chi connectivity index (χ1v) is 10.9.